The largest absolute Gasteiger partial charge is 0.370 e. The minimum Gasteiger partial charge on any atom is -0.370 e. The van der Waals surface area contributed by atoms with Gasteiger partial charge in [-0.3, -0.25) is 0 Å². The van der Waals surface area contributed by atoms with Crippen LogP contribution < -0.4 is 5.32 Å². The molecule has 184 valence electrons. The smallest absolute Gasteiger partial charge is 0.224 e. The summed E-state index contributed by atoms with van der Waals surface area (Å²) in [6, 6.07) is 25.1. The highest BCUT2D eigenvalue weighted by molar-refractivity contribution is 6.29. The number of nitrogens with one attached hydrogen (secondary N) is 1. The molecule has 36 heavy (non-hydrogen) atoms. The molecule has 0 radical (unpaired) electrons. The molecule has 1 N–H and O–H groups in total. The molecule has 1 saturated carbocycles. The fourth-order valence-corrected chi connectivity index (χ4v) is 5.82. The molecule has 0 aliphatic heterocycles. The van der Waals surface area contributed by atoms with E-state index >= 15 is 0 Å². The molecular formula is C29H29Cl2N5. The molecule has 5 nitrogen and oxygen atoms in total. The van der Waals surface area contributed by atoms with Crippen molar-refractivity contribution in [3.63, 3.8) is 0 Å². The third-order valence-corrected chi connectivity index (χ3v) is 7.20. The van der Waals surface area contributed by atoms with Gasteiger partial charge in [-0.15, -0.1) is 0 Å². The first-order valence-corrected chi connectivity index (χ1v) is 13.1. The minimum atomic E-state index is 0.0777. The van der Waals surface area contributed by atoms with E-state index in [0.29, 0.717) is 16.9 Å². The Bertz CT molecular complexity index is 1260. The van der Waals surface area contributed by atoms with Crippen molar-refractivity contribution in [3.8, 4) is 0 Å². The predicted octanol–water partition coefficient (Wildman–Crippen LogP) is 7.40. The highest BCUT2D eigenvalue weighted by Crippen LogP contribution is 2.66. The lowest BCUT2D eigenvalue weighted by atomic mass is 9.50. The number of hydrogen-bond donors (Lipinski definition) is 1. The fourth-order valence-electron chi connectivity index (χ4n) is 5.39. The van der Waals surface area contributed by atoms with Crippen LogP contribution >= 0.6 is 23.2 Å². The van der Waals surface area contributed by atoms with Gasteiger partial charge in [-0.05, 0) is 41.6 Å². The lowest BCUT2D eigenvalue weighted by molar-refractivity contribution is 0.219. The summed E-state index contributed by atoms with van der Waals surface area (Å²) in [4.78, 5) is 18.4. The van der Waals surface area contributed by atoms with Crippen molar-refractivity contribution >= 4 is 29.0 Å². The molecule has 2 aromatic carbocycles. The number of benzene rings is 2. The van der Waals surface area contributed by atoms with Crippen molar-refractivity contribution in [2.45, 2.75) is 44.4 Å². The van der Waals surface area contributed by atoms with Crippen molar-refractivity contribution in [2.75, 3.05) is 11.9 Å². The van der Waals surface area contributed by atoms with Crippen LogP contribution in [-0.4, -0.2) is 26.5 Å². The van der Waals surface area contributed by atoms with Crippen LogP contribution in [0.15, 0.2) is 72.8 Å². The normalized spacial score (nSPS) is 21.3. The average Bonchev–Trinajstić information content (AvgIpc) is 2.83. The zero-order valence-corrected chi connectivity index (χ0v) is 22.1. The third-order valence-electron chi connectivity index (χ3n) is 6.84. The maximum atomic E-state index is 6.47. The summed E-state index contributed by atoms with van der Waals surface area (Å²) >= 11 is 12.9. The van der Waals surface area contributed by atoms with Gasteiger partial charge in [-0.2, -0.15) is 0 Å². The Morgan fingerprint density at radius 3 is 1.81 bits per heavy atom. The van der Waals surface area contributed by atoms with Crippen molar-refractivity contribution in [3.05, 3.63) is 112 Å². The van der Waals surface area contributed by atoms with E-state index in [1.54, 1.807) is 0 Å². The number of nitrogens with zero attached hydrogens (tertiary/aromatic N) is 4. The molecular weight excluding hydrogens is 489 g/mol. The molecule has 0 bridgehead atoms. The topological polar surface area (TPSA) is 63.6 Å². The maximum absolute atomic E-state index is 6.47. The molecule has 0 unspecified atom stereocenters. The van der Waals surface area contributed by atoms with Crippen LogP contribution in [0.4, 0.5) is 5.82 Å². The van der Waals surface area contributed by atoms with Gasteiger partial charge in [0.05, 0.1) is 5.69 Å². The van der Waals surface area contributed by atoms with Crippen LogP contribution in [0.25, 0.3) is 0 Å². The SMILES string of the molecule is Cc1nc(Cl)cc([C@H]2[C@@H](c3ccccc3)[C@H](c3cc(NCC(C)C)nc(Cl)n3)[C@@H]2c2ccccc2)n1. The lowest BCUT2D eigenvalue weighted by Crippen LogP contribution is -2.41. The van der Waals surface area contributed by atoms with Gasteiger partial charge in [0.15, 0.2) is 0 Å². The molecule has 1 aliphatic rings. The number of rotatable bonds is 7. The van der Waals surface area contributed by atoms with E-state index in [4.69, 9.17) is 33.2 Å². The first kappa shape index (κ1) is 24.7. The lowest BCUT2D eigenvalue weighted by Gasteiger charge is -2.52. The standard InChI is InChI=1S/C29H29Cl2N5/c1-17(2)16-32-24-15-22(35-29(31)36-24)28-25(19-10-6-4-7-11-19)27(21-14-23(30)34-18(3)33-21)26(28)20-12-8-5-9-13-20/h4-15,17,25-28H,16H2,1-3H3,(H,32,35,36)/t25-,26-,27-,28-/m1/s1. The number of aryl methyl sites for hydroxylation is 1. The van der Waals surface area contributed by atoms with E-state index in [1.165, 1.54) is 11.1 Å². The second kappa shape index (κ2) is 10.5. The van der Waals surface area contributed by atoms with Gasteiger partial charge in [-0.25, -0.2) is 19.9 Å². The number of hydrogen-bond acceptors (Lipinski definition) is 5. The quantitative estimate of drug-likeness (QED) is 0.204. The zero-order chi connectivity index (χ0) is 25.2. The van der Waals surface area contributed by atoms with Crippen LogP contribution in [0, 0.1) is 12.8 Å². The summed E-state index contributed by atoms with van der Waals surface area (Å²) < 4.78 is 0. The van der Waals surface area contributed by atoms with Crippen LogP contribution in [-0.2, 0) is 0 Å². The van der Waals surface area contributed by atoms with E-state index in [-0.39, 0.29) is 29.0 Å². The summed E-state index contributed by atoms with van der Waals surface area (Å²) in [5, 5.41) is 4.14. The Labute approximate surface area is 222 Å². The van der Waals surface area contributed by atoms with E-state index in [9.17, 15) is 0 Å². The zero-order valence-electron chi connectivity index (χ0n) is 20.6. The highest BCUT2D eigenvalue weighted by Gasteiger charge is 2.54. The Balaban J connectivity index is 1.66. The average molecular weight is 518 g/mol. The van der Waals surface area contributed by atoms with Crippen molar-refractivity contribution < 1.29 is 0 Å². The monoisotopic (exact) mass is 517 g/mol. The molecule has 5 rings (SSSR count). The fraction of sp³-hybridized carbons (Fsp3) is 0.310. The molecule has 0 saturated heterocycles. The second-order valence-corrected chi connectivity index (χ2v) is 10.5. The molecule has 1 fully saturated rings. The van der Waals surface area contributed by atoms with E-state index in [2.05, 4.69) is 83.7 Å². The van der Waals surface area contributed by atoms with Crippen molar-refractivity contribution in [1.82, 2.24) is 19.9 Å². The van der Waals surface area contributed by atoms with Crippen LogP contribution in [0.5, 0.6) is 0 Å². The van der Waals surface area contributed by atoms with Gasteiger partial charge in [0.2, 0.25) is 5.28 Å². The first-order valence-electron chi connectivity index (χ1n) is 12.3. The van der Waals surface area contributed by atoms with Gasteiger partial charge < -0.3 is 5.32 Å². The van der Waals surface area contributed by atoms with E-state index in [1.807, 2.05) is 25.1 Å². The molecule has 1 aliphatic carbocycles. The Kier molecular flexibility index (Phi) is 7.22. The molecule has 0 amide bonds. The summed E-state index contributed by atoms with van der Waals surface area (Å²) in [7, 11) is 0. The molecule has 2 aromatic heterocycles. The van der Waals surface area contributed by atoms with Gasteiger partial charge in [-0.1, -0.05) is 86.1 Å². The van der Waals surface area contributed by atoms with Gasteiger partial charge in [0.1, 0.15) is 16.8 Å². The molecule has 2 heterocycles. The van der Waals surface area contributed by atoms with Crippen molar-refractivity contribution in [1.29, 1.82) is 0 Å². The second-order valence-electron chi connectivity index (χ2n) is 9.81. The minimum absolute atomic E-state index is 0.0777. The number of anilines is 1. The number of halogens is 2. The third kappa shape index (κ3) is 5.09. The molecule has 2 atom stereocenters. The molecule has 0 spiro atoms. The highest BCUT2D eigenvalue weighted by atomic mass is 35.5. The van der Waals surface area contributed by atoms with Gasteiger partial charge in [0, 0.05) is 42.0 Å². The first-order chi connectivity index (χ1) is 17.4. The van der Waals surface area contributed by atoms with Gasteiger partial charge in [0.25, 0.3) is 0 Å². The van der Waals surface area contributed by atoms with Crippen LogP contribution in [0.1, 0.15) is 65.9 Å². The van der Waals surface area contributed by atoms with Crippen LogP contribution in [0.3, 0.4) is 0 Å². The summed E-state index contributed by atoms with van der Waals surface area (Å²) in [6.07, 6.45) is 0. The Morgan fingerprint density at radius 1 is 0.722 bits per heavy atom. The Morgan fingerprint density at radius 2 is 1.28 bits per heavy atom. The molecule has 4 aromatic rings. The summed E-state index contributed by atoms with van der Waals surface area (Å²) in [5.41, 5.74) is 4.35. The van der Waals surface area contributed by atoms with E-state index in [0.717, 1.165) is 23.8 Å². The maximum Gasteiger partial charge on any atom is 0.224 e. The number of aromatic nitrogens is 4. The van der Waals surface area contributed by atoms with Crippen molar-refractivity contribution in [2.24, 2.45) is 5.92 Å². The summed E-state index contributed by atoms with van der Waals surface area (Å²) in [6.45, 7) is 7.03. The van der Waals surface area contributed by atoms with Crippen LogP contribution in [0.2, 0.25) is 10.4 Å². The predicted molar refractivity (Wildman–Crippen MR) is 146 cm³/mol. The van der Waals surface area contributed by atoms with E-state index < -0.39 is 0 Å². The van der Waals surface area contributed by atoms with Gasteiger partial charge >= 0.3 is 0 Å². The summed E-state index contributed by atoms with van der Waals surface area (Å²) in [5.74, 6) is 2.34. The Hall–Kier alpha value is -3.02. The molecule has 7 heteroatoms.